The largest absolute Gasteiger partial charge is 0.359 e. The molecule has 0 fully saturated rings. The molecule has 0 bridgehead atoms. The van der Waals surface area contributed by atoms with Crippen LogP contribution in [0.5, 0.6) is 0 Å². The summed E-state index contributed by atoms with van der Waals surface area (Å²) in [7, 11) is 1.58. The van der Waals surface area contributed by atoms with Crippen LogP contribution in [0.15, 0.2) is 5.29 Å². The van der Waals surface area contributed by atoms with Crippen LogP contribution < -0.4 is 16.2 Å². The van der Waals surface area contributed by atoms with Crippen molar-refractivity contribution in [3.63, 3.8) is 0 Å². The Kier molecular flexibility index (Phi) is 7.20. The third kappa shape index (κ3) is 5.81. The number of carbonyl (C=O) groups is 2. The Labute approximate surface area is 91.2 Å². The summed E-state index contributed by atoms with van der Waals surface area (Å²) in [4.78, 5) is 32.1. The second kappa shape index (κ2) is 7.94. The Bertz CT molecular complexity index is 237. The van der Waals surface area contributed by atoms with E-state index >= 15 is 0 Å². The van der Waals surface area contributed by atoms with E-state index in [1.54, 1.807) is 7.05 Å². The van der Waals surface area contributed by atoms with Gasteiger partial charge in [-0.2, -0.15) is 5.01 Å². The highest BCUT2D eigenvalue weighted by atomic mass is 35.5. The van der Waals surface area contributed by atoms with Crippen LogP contribution in [-0.4, -0.2) is 43.0 Å². The van der Waals surface area contributed by atoms with Crippen LogP contribution in [0.1, 0.15) is 0 Å². The van der Waals surface area contributed by atoms with Crippen molar-refractivity contribution in [2.45, 2.75) is 0 Å². The van der Waals surface area contributed by atoms with Gasteiger partial charge < -0.3 is 5.32 Å². The third-order valence-corrected chi connectivity index (χ3v) is 1.44. The fraction of sp³-hybridized carbons (Fsp3) is 0.667. The molecule has 0 atom stereocenters. The number of hydrogen-bond acceptors (Lipinski definition) is 5. The zero-order chi connectivity index (χ0) is 11.7. The van der Waals surface area contributed by atoms with E-state index < -0.39 is 11.9 Å². The predicted octanol–water partition coefficient (Wildman–Crippen LogP) is -0.831. The summed E-state index contributed by atoms with van der Waals surface area (Å²) in [5.74, 6) is -0.369. The molecule has 0 aromatic heterocycles. The van der Waals surface area contributed by atoms with Crippen molar-refractivity contribution in [1.29, 1.82) is 0 Å². The molecule has 86 valence electrons. The second-order valence-electron chi connectivity index (χ2n) is 2.40. The molecule has 0 aliphatic heterocycles. The number of halogens is 1. The number of rotatable bonds is 5. The fourth-order valence-electron chi connectivity index (χ4n) is 0.652. The van der Waals surface area contributed by atoms with Crippen LogP contribution in [0, 0.1) is 4.91 Å². The Morgan fingerprint density at radius 2 is 2.07 bits per heavy atom. The topological polar surface area (TPSA) is 103 Å². The molecule has 0 unspecified atom stereocenters. The first-order chi connectivity index (χ1) is 7.15. The van der Waals surface area contributed by atoms with Crippen molar-refractivity contribution >= 4 is 23.5 Å². The molecular weight excluding hydrogens is 226 g/mol. The van der Waals surface area contributed by atoms with E-state index in [9.17, 15) is 14.5 Å². The summed E-state index contributed by atoms with van der Waals surface area (Å²) >= 11 is 5.31. The van der Waals surface area contributed by atoms with Crippen LogP contribution in [0.2, 0.25) is 0 Å². The van der Waals surface area contributed by atoms with E-state index in [0.717, 1.165) is 0 Å². The van der Waals surface area contributed by atoms with Crippen LogP contribution >= 0.6 is 11.6 Å². The Balaban J connectivity index is 3.90. The summed E-state index contributed by atoms with van der Waals surface area (Å²) < 4.78 is 0. The summed E-state index contributed by atoms with van der Waals surface area (Å²) in [5.41, 5.74) is 4.07. The Morgan fingerprint density at radius 3 is 2.53 bits per heavy atom. The molecule has 0 rings (SSSR count). The average molecular weight is 238 g/mol. The highest BCUT2D eigenvalue weighted by molar-refractivity contribution is 6.18. The molecule has 3 amide bonds. The van der Waals surface area contributed by atoms with Crippen molar-refractivity contribution in [2.24, 2.45) is 5.29 Å². The maximum Gasteiger partial charge on any atom is 0.359 e. The van der Waals surface area contributed by atoms with E-state index in [1.165, 1.54) is 0 Å². The summed E-state index contributed by atoms with van der Waals surface area (Å²) in [6.07, 6.45) is 0. The second-order valence-corrected chi connectivity index (χ2v) is 2.78. The molecule has 9 heteroatoms. The number of carbonyl (C=O) groups excluding carboxylic acids is 2. The van der Waals surface area contributed by atoms with Gasteiger partial charge in [-0.25, -0.2) is 10.2 Å². The highest BCUT2D eigenvalue weighted by Gasteiger charge is 2.13. The number of nitrogens with one attached hydrogen (secondary N) is 3. The van der Waals surface area contributed by atoms with E-state index in [4.69, 9.17) is 11.6 Å². The van der Waals surface area contributed by atoms with Gasteiger partial charge in [0.05, 0.1) is 18.4 Å². The van der Waals surface area contributed by atoms with Crippen LogP contribution in [0.3, 0.4) is 0 Å². The lowest BCUT2D eigenvalue weighted by Crippen LogP contribution is -2.49. The molecule has 0 aliphatic carbocycles. The van der Waals surface area contributed by atoms with Crippen molar-refractivity contribution in [3.8, 4) is 0 Å². The van der Waals surface area contributed by atoms with Gasteiger partial charge in [-0.1, -0.05) is 0 Å². The van der Waals surface area contributed by atoms with Gasteiger partial charge in [0.2, 0.25) is 0 Å². The highest BCUT2D eigenvalue weighted by Crippen LogP contribution is 1.90. The SMILES string of the molecule is CNCC(=O)NNC(=O)N(CCCl)N=O. The number of nitrogens with zero attached hydrogens (tertiary/aromatic N) is 2. The van der Waals surface area contributed by atoms with E-state index in [1.807, 2.05) is 5.43 Å². The fourth-order valence-corrected chi connectivity index (χ4v) is 0.812. The first-order valence-corrected chi connectivity index (χ1v) is 4.59. The quantitative estimate of drug-likeness (QED) is 0.330. The summed E-state index contributed by atoms with van der Waals surface area (Å²) in [6.45, 7) is 0.0170. The molecule has 15 heavy (non-hydrogen) atoms. The van der Waals surface area contributed by atoms with Crippen molar-refractivity contribution in [1.82, 2.24) is 21.2 Å². The minimum Gasteiger partial charge on any atom is -0.311 e. The van der Waals surface area contributed by atoms with Crippen molar-refractivity contribution in [3.05, 3.63) is 4.91 Å². The number of nitroso groups, excluding NO2 is 1. The Morgan fingerprint density at radius 1 is 1.40 bits per heavy atom. The lowest BCUT2D eigenvalue weighted by Gasteiger charge is -2.13. The van der Waals surface area contributed by atoms with Gasteiger partial charge in [0.25, 0.3) is 5.91 Å². The lowest BCUT2D eigenvalue weighted by atomic mass is 10.6. The van der Waals surface area contributed by atoms with Crippen molar-refractivity contribution < 1.29 is 9.59 Å². The van der Waals surface area contributed by atoms with Gasteiger partial charge in [0.1, 0.15) is 0 Å². The van der Waals surface area contributed by atoms with Gasteiger partial charge >= 0.3 is 6.03 Å². The van der Waals surface area contributed by atoms with Crippen LogP contribution in [-0.2, 0) is 4.79 Å². The average Bonchev–Trinajstić information content (AvgIpc) is 2.23. The number of hydrazine groups is 1. The number of urea groups is 1. The van der Waals surface area contributed by atoms with Crippen LogP contribution in [0.4, 0.5) is 4.79 Å². The lowest BCUT2D eigenvalue weighted by molar-refractivity contribution is -0.120. The normalized spacial score (nSPS) is 9.20. The molecule has 0 aliphatic rings. The predicted molar refractivity (Wildman–Crippen MR) is 53.8 cm³/mol. The van der Waals surface area contributed by atoms with Crippen molar-refractivity contribution in [2.75, 3.05) is 26.0 Å². The van der Waals surface area contributed by atoms with E-state index in [-0.39, 0.29) is 19.0 Å². The number of hydrogen-bond donors (Lipinski definition) is 3. The molecule has 0 heterocycles. The van der Waals surface area contributed by atoms with Gasteiger partial charge in [-0.05, 0) is 7.05 Å². The number of alkyl halides is 1. The maximum absolute atomic E-state index is 11.1. The molecular formula is C6H12ClN5O3. The first kappa shape index (κ1) is 13.6. The first-order valence-electron chi connectivity index (χ1n) is 4.06. The molecule has 0 saturated carbocycles. The smallest absolute Gasteiger partial charge is 0.311 e. The van der Waals surface area contributed by atoms with Gasteiger partial charge in [0, 0.05) is 5.88 Å². The van der Waals surface area contributed by atoms with Crippen LogP contribution in [0.25, 0.3) is 0 Å². The minimum atomic E-state index is -0.838. The molecule has 0 radical (unpaired) electrons. The van der Waals surface area contributed by atoms with Gasteiger partial charge in [0.15, 0.2) is 0 Å². The molecule has 0 aromatic rings. The van der Waals surface area contributed by atoms with E-state index in [0.29, 0.717) is 5.01 Å². The minimum absolute atomic E-state index is 0.0290. The summed E-state index contributed by atoms with van der Waals surface area (Å²) in [5, 5.41) is 5.56. The molecule has 3 N–H and O–H groups in total. The van der Waals surface area contributed by atoms with E-state index in [2.05, 4.69) is 16.0 Å². The summed E-state index contributed by atoms with van der Waals surface area (Å²) in [6, 6.07) is -0.838. The molecule has 0 saturated heterocycles. The monoisotopic (exact) mass is 237 g/mol. The van der Waals surface area contributed by atoms with Gasteiger partial charge in [-0.15, -0.1) is 16.5 Å². The standard InChI is InChI=1S/C6H12ClN5O3/c1-8-4-5(13)9-10-6(14)12(11-15)3-2-7/h8H,2-4H2,1H3,(H,9,13)(H,10,14). The number of amides is 3. The zero-order valence-electron chi connectivity index (χ0n) is 8.12. The molecule has 0 spiro atoms. The molecule has 8 nitrogen and oxygen atoms in total. The number of likely N-dealkylation sites (N-methyl/N-ethyl adjacent to an activating group) is 1. The maximum atomic E-state index is 11.1. The molecule has 0 aromatic carbocycles. The van der Waals surface area contributed by atoms with Gasteiger partial charge in [-0.3, -0.25) is 10.2 Å². The Hall–Kier alpha value is -1.41. The zero-order valence-corrected chi connectivity index (χ0v) is 8.87. The third-order valence-electron chi connectivity index (χ3n) is 1.28.